The van der Waals surface area contributed by atoms with Crippen molar-refractivity contribution in [3.63, 3.8) is 0 Å². The van der Waals surface area contributed by atoms with Crippen LogP contribution in [0.5, 0.6) is 0 Å². The third kappa shape index (κ3) is 166. The molecule has 0 saturated carbocycles. The van der Waals surface area contributed by atoms with E-state index in [2.05, 4.69) is 72.7 Å². The van der Waals surface area contributed by atoms with Crippen molar-refractivity contribution in [1.29, 1.82) is 0 Å². The van der Waals surface area contributed by atoms with Crippen molar-refractivity contribution in [3.05, 3.63) is 209 Å². The number of thiophene rings is 1. The summed E-state index contributed by atoms with van der Waals surface area (Å²) in [5, 5.41) is 6.01. The zero-order valence-corrected chi connectivity index (χ0v) is 61.3. The van der Waals surface area contributed by atoms with Gasteiger partial charge in [0.1, 0.15) is 0 Å². The molecule has 6 aromatic rings. The number of nitrogens with zero attached hydrogens (tertiary/aromatic N) is 5. The molecule has 0 atom stereocenters. The second-order valence-electron chi connectivity index (χ2n) is 9.90. The Bertz CT molecular complexity index is 1380. The molecular formula is C73H139N5OS2. The molecule has 0 saturated heterocycles. The number of allylic oxidation sites excluding steroid dienone is 6. The molecule has 3 aliphatic rings. The Labute approximate surface area is 518 Å². The number of thiazole rings is 1. The van der Waals surface area contributed by atoms with E-state index in [1.165, 1.54) is 11.1 Å². The maximum absolute atomic E-state index is 4.58. The smallest absolute Gasteiger partial charge is 0.0902 e. The molecule has 8 heteroatoms. The Balaban J connectivity index is -0.0000000441. The van der Waals surface area contributed by atoms with Crippen LogP contribution in [0.2, 0.25) is 0 Å². The van der Waals surface area contributed by atoms with Crippen molar-refractivity contribution < 1.29 is 4.42 Å². The second kappa shape index (κ2) is 171. The molecule has 5 aromatic heterocycles. The Morgan fingerprint density at radius 3 is 1.00 bits per heavy atom. The van der Waals surface area contributed by atoms with Gasteiger partial charge in [-0.1, -0.05) is 304 Å². The molecule has 0 fully saturated rings. The highest BCUT2D eigenvalue weighted by molar-refractivity contribution is 7.07. The van der Waals surface area contributed by atoms with E-state index in [-0.39, 0.29) is 0 Å². The number of aliphatic imine (C=N–C) groups is 2. The summed E-state index contributed by atoms with van der Waals surface area (Å²) in [6, 6.07) is 27.8. The molecule has 2 aliphatic heterocycles. The zero-order valence-electron chi connectivity index (χ0n) is 59.7. The van der Waals surface area contributed by atoms with Gasteiger partial charge in [-0.15, -0.1) is 11.3 Å². The molecule has 0 amide bonds. The van der Waals surface area contributed by atoms with Crippen molar-refractivity contribution in [1.82, 2.24) is 15.0 Å². The maximum Gasteiger partial charge on any atom is 0.0902 e. The lowest BCUT2D eigenvalue weighted by molar-refractivity contribution is 0.567. The van der Waals surface area contributed by atoms with Gasteiger partial charge in [0.15, 0.2) is 0 Å². The molecule has 0 radical (unpaired) electrons. The van der Waals surface area contributed by atoms with Gasteiger partial charge in [-0.05, 0) is 79.9 Å². The summed E-state index contributed by atoms with van der Waals surface area (Å²) in [4.78, 5) is 19.2. The first-order chi connectivity index (χ1) is 40.2. The molecule has 1 aliphatic carbocycles. The standard InChI is InChI=1S/C7H8.2C6H7N.C5H6.2C4H5N.C4H4O.C4H4S.C3H3NS.15C2H6/c1-7-5-3-2-4-6-7;1-6-3-2-4-7-5-6;1-6-4-2-3-5-7-6;5*1-2-4-5-3-1;1-2-5-3-4-1;15*1-2/h2-6H,1H3;2*2-5H,1H3;1-4H,5H2;1,3-4H,2H2;1-3H,4H2;2*1-4H;1-3H;15*1-2H3. The first-order valence-electron chi connectivity index (χ1n) is 31.3. The molecular weight excluding hydrogens is 1030 g/mol. The Hall–Kier alpha value is -5.57. The summed E-state index contributed by atoms with van der Waals surface area (Å²) >= 11 is 3.31. The molecule has 9 rings (SSSR count). The van der Waals surface area contributed by atoms with Crippen LogP contribution in [0.15, 0.2) is 207 Å². The average molecular weight is 1170 g/mol. The summed E-state index contributed by atoms with van der Waals surface area (Å²) in [6.07, 6.45) is 32.4. The number of aryl methyl sites for hydroxylation is 3. The van der Waals surface area contributed by atoms with Crippen LogP contribution in [-0.2, 0) is 0 Å². The fourth-order valence-corrected chi connectivity index (χ4v) is 3.87. The van der Waals surface area contributed by atoms with E-state index in [0.717, 1.165) is 25.1 Å². The quantitative estimate of drug-likeness (QED) is 0.152. The highest BCUT2D eigenvalue weighted by Gasteiger charge is 1.76. The highest BCUT2D eigenvalue weighted by atomic mass is 32.1. The number of rotatable bonds is 0. The minimum absolute atomic E-state index is 0.889. The van der Waals surface area contributed by atoms with Crippen molar-refractivity contribution in [2.45, 2.75) is 241 Å². The van der Waals surface area contributed by atoms with E-state index >= 15 is 0 Å². The van der Waals surface area contributed by atoms with Crippen LogP contribution < -0.4 is 0 Å². The van der Waals surface area contributed by atoms with Crippen LogP contribution in [0.25, 0.3) is 0 Å². The molecule has 81 heavy (non-hydrogen) atoms. The van der Waals surface area contributed by atoms with Crippen LogP contribution in [0, 0.1) is 20.8 Å². The lowest BCUT2D eigenvalue weighted by atomic mass is 10.2. The van der Waals surface area contributed by atoms with Gasteiger partial charge >= 0.3 is 0 Å². The van der Waals surface area contributed by atoms with Crippen molar-refractivity contribution >= 4 is 35.1 Å². The second-order valence-corrected chi connectivity index (χ2v) is 11.5. The maximum atomic E-state index is 4.58. The monoisotopic (exact) mass is 1170 g/mol. The number of benzene rings is 1. The van der Waals surface area contributed by atoms with Crippen LogP contribution in [0.4, 0.5) is 0 Å². The van der Waals surface area contributed by atoms with Crippen LogP contribution in [0.3, 0.4) is 0 Å². The van der Waals surface area contributed by atoms with E-state index < -0.39 is 0 Å². The minimum Gasteiger partial charge on any atom is -0.473 e. The minimum atomic E-state index is 0.889. The molecule has 1 aromatic carbocycles. The molecule has 0 unspecified atom stereocenters. The number of hydrogen-bond acceptors (Lipinski definition) is 8. The van der Waals surface area contributed by atoms with E-state index in [1.54, 1.807) is 71.7 Å². The third-order valence-corrected chi connectivity index (χ3v) is 6.64. The summed E-state index contributed by atoms with van der Waals surface area (Å²) in [7, 11) is 0. The normalized spacial score (nSPS) is 8.11. The molecule has 6 nitrogen and oxygen atoms in total. The Kier molecular flexibility index (Phi) is 242. The summed E-state index contributed by atoms with van der Waals surface area (Å²) < 4.78 is 4.58. The summed E-state index contributed by atoms with van der Waals surface area (Å²) in [5.74, 6) is 0. The van der Waals surface area contributed by atoms with Crippen LogP contribution >= 0.6 is 22.7 Å². The summed E-state index contributed by atoms with van der Waals surface area (Å²) in [6.45, 7) is 67.0. The first kappa shape index (κ1) is 114. The molecule has 7 heterocycles. The van der Waals surface area contributed by atoms with Crippen LogP contribution in [-0.4, -0.2) is 33.9 Å². The van der Waals surface area contributed by atoms with Gasteiger partial charge in [0.2, 0.25) is 0 Å². The molecule has 0 spiro atoms. The zero-order chi connectivity index (χ0) is 66.6. The predicted octanol–water partition coefficient (Wildman–Crippen LogP) is 27.4. The summed E-state index contributed by atoms with van der Waals surface area (Å²) in [5.41, 5.74) is 5.40. The van der Waals surface area contributed by atoms with Crippen molar-refractivity contribution in [2.24, 2.45) is 9.98 Å². The van der Waals surface area contributed by atoms with Crippen LogP contribution in [0.1, 0.15) is 237 Å². The number of hydrogen-bond donors (Lipinski definition) is 0. The van der Waals surface area contributed by atoms with Crippen molar-refractivity contribution in [2.75, 3.05) is 6.54 Å². The fourth-order valence-electron chi connectivity index (χ4n) is 3.06. The van der Waals surface area contributed by atoms with E-state index in [9.17, 15) is 0 Å². The van der Waals surface area contributed by atoms with E-state index in [0.29, 0.717) is 0 Å². The topological polar surface area (TPSA) is 76.5 Å². The predicted molar refractivity (Wildman–Crippen MR) is 392 cm³/mol. The fraction of sp³-hybridized carbons (Fsp3) is 0.493. The van der Waals surface area contributed by atoms with Gasteiger partial charge < -0.3 is 4.42 Å². The largest absolute Gasteiger partial charge is 0.473 e. The number of furan rings is 1. The lowest BCUT2D eigenvalue weighted by Gasteiger charge is -1.82. The molecule has 0 N–H and O–H groups in total. The Morgan fingerprint density at radius 1 is 0.383 bits per heavy atom. The molecule has 0 bridgehead atoms. The van der Waals surface area contributed by atoms with Gasteiger partial charge in [0, 0.05) is 60.9 Å². The van der Waals surface area contributed by atoms with Gasteiger partial charge in [-0.2, -0.15) is 11.3 Å². The van der Waals surface area contributed by atoms with Gasteiger partial charge in [-0.3, -0.25) is 24.9 Å². The Morgan fingerprint density at radius 2 is 0.852 bits per heavy atom. The SMILES string of the molecule is C1=CCC=C1.C1=CCN=C1.C1=CN=CC1.CC.CC.CC.CC.CC.CC.CC.CC.CC.CC.CC.CC.CC.CC.CC.Cc1ccccc1.Cc1ccccn1.Cc1cccnc1.c1ccoc1.c1ccsc1.c1cscn1. The molecule has 474 valence electrons. The average Bonchev–Trinajstić information content (AvgIpc) is 4.45. The van der Waals surface area contributed by atoms with Crippen molar-refractivity contribution in [3.8, 4) is 0 Å². The number of pyridine rings is 2. The number of aromatic nitrogens is 3. The highest BCUT2D eigenvalue weighted by Crippen LogP contribution is 1.94. The van der Waals surface area contributed by atoms with Gasteiger partial charge in [0.05, 0.1) is 24.6 Å². The van der Waals surface area contributed by atoms with E-state index in [4.69, 9.17) is 0 Å². The first-order valence-corrected chi connectivity index (χ1v) is 33.2. The third-order valence-electron chi connectivity index (χ3n) is 5.49. The van der Waals surface area contributed by atoms with E-state index in [1.807, 2.05) is 341 Å². The van der Waals surface area contributed by atoms with Gasteiger partial charge in [-0.25, -0.2) is 0 Å². The van der Waals surface area contributed by atoms with Gasteiger partial charge in [0.25, 0.3) is 0 Å². The lowest BCUT2D eigenvalue weighted by Crippen LogP contribution is -1.72.